The highest BCUT2D eigenvalue weighted by atomic mass is 35.5. The lowest BCUT2D eigenvalue weighted by Crippen LogP contribution is -2.57. The topological polar surface area (TPSA) is 81.6 Å². The molecule has 32 heavy (non-hydrogen) atoms. The Morgan fingerprint density at radius 1 is 1.25 bits per heavy atom. The number of aromatic amines is 1. The van der Waals surface area contributed by atoms with Crippen LogP contribution in [0.5, 0.6) is 0 Å². The predicted molar refractivity (Wildman–Crippen MR) is 125 cm³/mol. The quantitative estimate of drug-likeness (QED) is 0.438. The van der Waals surface area contributed by atoms with Crippen molar-refractivity contribution in [1.29, 1.82) is 5.26 Å². The summed E-state index contributed by atoms with van der Waals surface area (Å²) in [5.74, 6) is 6.76. The lowest BCUT2D eigenvalue weighted by atomic mass is 10.0. The average Bonchev–Trinajstić information content (AvgIpc) is 3.43. The zero-order valence-corrected chi connectivity index (χ0v) is 18.5. The Morgan fingerprint density at radius 2 is 2.06 bits per heavy atom. The first-order valence-electron chi connectivity index (χ1n) is 10.4. The Bertz CT molecular complexity index is 1220. The highest BCUT2D eigenvalue weighted by molar-refractivity contribution is 6.31. The van der Waals surface area contributed by atoms with Gasteiger partial charge in [0.15, 0.2) is 0 Å². The van der Waals surface area contributed by atoms with Crippen molar-refractivity contribution >= 4 is 23.3 Å². The molecule has 160 valence electrons. The maximum atomic E-state index is 13.4. The molecule has 2 atom stereocenters. The predicted octanol–water partition coefficient (Wildman–Crippen LogP) is 4.34. The van der Waals surface area contributed by atoms with E-state index in [0.717, 1.165) is 22.6 Å². The number of amides is 2. The Balaban J connectivity index is 1.79. The molecule has 0 spiro atoms. The number of carbonyl (C=O) groups is 1. The summed E-state index contributed by atoms with van der Waals surface area (Å²) < 4.78 is 0.0755. The minimum absolute atomic E-state index is 0.0755. The van der Waals surface area contributed by atoms with E-state index < -0.39 is 0 Å². The molecule has 1 aliphatic heterocycles. The zero-order chi connectivity index (χ0) is 22.6. The smallest absolute Gasteiger partial charge is 0.348 e. The van der Waals surface area contributed by atoms with Crippen molar-refractivity contribution in [3.63, 3.8) is 0 Å². The summed E-state index contributed by atoms with van der Waals surface area (Å²) in [7, 11) is 0. The van der Waals surface area contributed by atoms with Gasteiger partial charge >= 0.3 is 6.03 Å². The SMILES string of the molecule is CC#CCc1ccc([N+]2(Cc3ccc(C#N)cc3)C(=O)NCC2Cc2ncc[nH]2)cc1Cl. The first-order chi connectivity index (χ1) is 15.6. The van der Waals surface area contributed by atoms with E-state index in [0.29, 0.717) is 36.5 Å². The molecule has 0 bridgehead atoms. The number of hydrogen-bond donors (Lipinski definition) is 2. The molecule has 0 saturated carbocycles. The second-order valence-corrected chi connectivity index (χ2v) is 8.20. The maximum absolute atomic E-state index is 13.4. The van der Waals surface area contributed by atoms with Gasteiger partial charge in [-0.1, -0.05) is 35.7 Å². The molecule has 2 unspecified atom stereocenters. The second-order valence-electron chi connectivity index (χ2n) is 7.79. The molecule has 3 aromatic rings. The van der Waals surface area contributed by atoms with Gasteiger partial charge in [-0.15, -0.1) is 5.92 Å². The molecule has 1 saturated heterocycles. The van der Waals surface area contributed by atoms with Crippen molar-refractivity contribution < 1.29 is 4.79 Å². The van der Waals surface area contributed by atoms with Crippen molar-refractivity contribution in [3.05, 3.63) is 82.4 Å². The van der Waals surface area contributed by atoms with Crippen molar-refractivity contribution in [2.24, 2.45) is 0 Å². The Morgan fingerprint density at radius 3 is 2.72 bits per heavy atom. The highest BCUT2D eigenvalue weighted by Crippen LogP contribution is 2.37. The first kappa shape index (κ1) is 21.6. The number of halogens is 1. The van der Waals surface area contributed by atoms with Crippen LogP contribution < -0.4 is 9.80 Å². The van der Waals surface area contributed by atoms with Crippen LogP contribution in [-0.4, -0.2) is 28.6 Å². The Hall–Kier alpha value is -3.58. The zero-order valence-electron chi connectivity index (χ0n) is 17.7. The van der Waals surface area contributed by atoms with Crippen LogP contribution in [0.3, 0.4) is 0 Å². The van der Waals surface area contributed by atoms with E-state index in [-0.39, 0.29) is 16.6 Å². The van der Waals surface area contributed by atoms with Crippen LogP contribution >= 0.6 is 11.6 Å². The highest BCUT2D eigenvalue weighted by Gasteiger charge is 2.52. The standard InChI is InChI=1S/C25H22ClN5O/c1-2-3-4-20-9-10-21(13-23(20)26)31(17-19-7-5-18(15-27)6-8-19)22(16-30-25(31)32)14-24-28-11-12-29-24/h5-13,22H,4,14,16-17H2,1H3,(H-,28,29,30,32)/p+1. The largest absolute Gasteiger partial charge is 0.422 e. The first-order valence-corrected chi connectivity index (χ1v) is 10.8. The average molecular weight is 445 g/mol. The molecule has 7 heteroatoms. The fourth-order valence-electron chi connectivity index (χ4n) is 4.23. The normalized spacial score (nSPS) is 19.7. The number of nitrogens with zero attached hydrogens (tertiary/aromatic N) is 3. The number of urea groups is 1. The van der Waals surface area contributed by atoms with Gasteiger partial charge in [-0.3, -0.25) is 5.32 Å². The molecule has 4 rings (SSSR count). The molecule has 0 aliphatic carbocycles. The third-order valence-electron chi connectivity index (χ3n) is 5.93. The summed E-state index contributed by atoms with van der Waals surface area (Å²) >= 11 is 6.62. The second kappa shape index (κ2) is 9.28. The molecule has 1 aliphatic rings. The molecular weight excluding hydrogens is 422 g/mol. The van der Waals surface area contributed by atoms with E-state index in [9.17, 15) is 4.79 Å². The fraction of sp³-hybridized carbons (Fsp3) is 0.240. The third kappa shape index (κ3) is 4.11. The number of rotatable bonds is 6. The molecular formula is C25H23ClN5O+. The fourth-order valence-corrected chi connectivity index (χ4v) is 4.47. The van der Waals surface area contributed by atoms with Gasteiger partial charge in [-0.2, -0.15) is 5.26 Å². The van der Waals surface area contributed by atoms with Gasteiger partial charge in [0.1, 0.15) is 24.1 Å². The van der Waals surface area contributed by atoms with Crippen LogP contribution in [0.2, 0.25) is 5.02 Å². The lowest BCUT2D eigenvalue weighted by Gasteiger charge is -2.35. The molecule has 2 heterocycles. The van der Waals surface area contributed by atoms with Gasteiger partial charge < -0.3 is 4.98 Å². The van der Waals surface area contributed by atoms with Gasteiger partial charge in [0.05, 0.1) is 29.6 Å². The van der Waals surface area contributed by atoms with E-state index in [1.54, 1.807) is 31.5 Å². The van der Waals surface area contributed by atoms with Gasteiger partial charge in [-0.05, 0) is 24.6 Å². The van der Waals surface area contributed by atoms with Crippen molar-refractivity contribution in [2.75, 3.05) is 6.54 Å². The summed E-state index contributed by atoms with van der Waals surface area (Å²) in [6.07, 6.45) is 4.67. The van der Waals surface area contributed by atoms with E-state index in [1.807, 2.05) is 30.3 Å². The van der Waals surface area contributed by atoms with Gasteiger partial charge in [0.2, 0.25) is 0 Å². The van der Waals surface area contributed by atoms with Crippen LogP contribution in [-0.2, 0) is 19.4 Å². The monoisotopic (exact) mass is 444 g/mol. The van der Waals surface area contributed by atoms with Crippen LogP contribution in [0.4, 0.5) is 10.5 Å². The Labute approximate surface area is 192 Å². The summed E-state index contributed by atoms with van der Waals surface area (Å²) in [6, 6.07) is 15.2. The number of nitriles is 1. The molecule has 2 aromatic carbocycles. The number of quaternary nitrogens is 1. The number of benzene rings is 2. The Kier molecular flexibility index (Phi) is 6.28. The number of nitrogens with one attached hydrogen (secondary N) is 2. The lowest BCUT2D eigenvalue weighted by molar-refractivity contribution is 0.200. The summed E-state index contributed by atoms with van der Waals surface area (Å²) in [5, 5.41) is 12.8. The number of imidazole rings is 1. The van der Waals surface area contributed by atoms with Gasteiger partial charge in [-0.25, -0.2) is 14.3 Å². The minimum atomic E-state index is -0.0818. The number of H-pyrrole nitrogens is 1. The third-order valence-corrected chi connectivity index (χ3v) is 6.28. The van der Waals surface area contributed by atoms with Crippen molar-refractivity contribution in [1.82, 2.24) is 19.8 Å². The minimum Gasteiger partial charge on any atom is -0.348 e. The van der Waals surface area contributed by atoms with E-state index >= 15 is 0 Å². The van der Waals surface area contributed by atoms with Crippen LogP contribution in [0.15, 0.2) is 54.9 Å². The summed E-state index contributed by atoms with van der Waals surface area (Å²) in [6.45, 7) is 2.76. The van der Waals surface area contributed by atoms with Crippen LogP contribution in [0, 0.1) is 23.2 Å². The van der Waals surface area contributed by atoms with Crippen LogP contribution in [0.25, 0.3) is 0 Å². The summed E-state index contributed by atoms with van der Waals surface area (Å²) in [5.41, 5.74) is 3.30. The summed E-state index contributed by atoms with van der Waals surface area (Å²) in [4.78, 5) is 21.0. The van der Waals surface area contributed by atoms with E-state index in [2.05, 4.69) is 33.2 Å². The molecule has 2 amide bonds. The van der Waals surface area contributed by atoms with E-state index in [4.69, 9.17) is 16.9 Å². The van der Waals surface area contributed by atoms with Gasteiger partial charge in [0, 0.05) is 36.5 Å². The number of hydrogen-bond acceptors (Lipinski definition) is 3. The molecule has 1 fully saturated rings. The molecule has 0 radical (unpaired) electrons. The van der Waals surface area contributed by atoms with E-state index in [1.165, 1.54) is 0 Å². The maximum Gasteiger partial charge on any atom is 0.422 e. The van der Waals surface area contributed by atoms with Crippen molar-refractivity contribution in [3.8, 4) is 17.9 Å². The van der Waals surface area contributed by atoms with Crippen molar-refractivity contribution in [2.45, 2.75) is 32.4 Å². The number of carbonyl (C=O) groups excluding carboxylic acids is 1. The molecule has 6 nitrogen and oxygen atoms in total. The number of aromatic nitrogens is 2. The van der Waals surface area contributed by atoms with Crippen LogP contribution in [0.1, 0.15) is 29.4 Å². The molecule has 2 N–H and O–H groups in total. The molecule has 1 aromatic heterocycles. The van der Waals surface area contributed by atoms with Gasteiger partial charge in [0.25, 0.3) is 0 Å².